The summed E-state index contributed by atoms with van der Waals surface area (Å²) in [5, 5.41) is 3.43. The minimum atomic E-state index is -0.832. The summed E-state index contributed by atoms with van der Waals surface area (Å²) >= 11 is 0. The SMILES string of the molecule is C[S@](=O)C[C@@H](Nc1ccccc1)c1ccccc1. The molecule has 0 radical (unpaired) electrons. The van der Waals surface area contributed by atoms with Gasteiger partial charge in [-0.1, -0.05) is 48.5 Å². The second kappa shape index (κ2) is 6.36. The number of hydrogen-bond acceptors (Lipinski definition) is 2. The van der Waals surface area contributed by atoms with E-state index in [0.29, 0.717) is 5.75 Å². The van der Waals surface area contributed by atoms with E-state index in [0.717, 1.165) is 11.3 Å². The molecule has 0 bridgehead atoms. The molecule has 3 heteroatoms. The van der Waals surface area contributed by atoms with Crippen LogP contribution in [0.3, 0.4) is 0 Å². The van der Waals surface area contributed by atoms with Crippen molar-refractivity contribution in [3.63, 3.8) is 0 Å². The first-order valence-corrected chi connectivity index (χ1v) is 7.65. The van der Waals surface area contributed by atoms with Crippen LogP contribution in [-0.4, -0.2) is 16.2 Å². The number of nitrogens with one attached hydrogen (secondary N) is 1. The van der Waals surface area contributed by atoms with E-state index in [1.807, 2.05) is 48.5 Å². The van der Waals surface area contributed by atoms with Gasteiger partial charge in [-0.3, -0.25) is 4.21 Å². The van der Waals surface area contributed by atoms with Crippen molar-refractivity contribution in [2.24, 2.45) is 0 Å². The number of hydrogen-bond donors (Lipinski definition) is 1. The number of benzene rings is 2. The second-order valence-corrected chi connectivity index (χ2v) is 5.69. The van der Waals surface area contributed by atoms with E-state index in [-0.39, 0.29) is 6.04 Å². The van der Waals surface area contributed by atoms with Crippen LogP contribution in [0.5, 0.6) is 0 Å². The lowest BCUT2D eigenvalue weighted by Crippen LogP contribution is -2.17. The fourth-order valence-corrected chi connectivity index (χ4v) is 2.62. The van der Waals surface area contributed by atoms with Crippen LogP contribution in [0.15, 0.2) is 60.7 Å². The smallest absolute Gasteiger partial charge is 0.0629 e. The zero-order valence-corrected chi connectivity index (χ0v) is 11.2. The summed E-state index contributed by atoms with van der Waals surface area (Å²) in [7, 11) is -0.832. The summed E-state index contributed by atoms with van der Waals surface area (Å²) in [5.41, 5.74) is 2.22. The topological polar surface area (TPSA) is 29.1 Å². The van der Waals surface area contributed by atoms with Gasteiger partial charge in [-0.2, -0.15) is 0 Å². The summed E-state index contributed by atoms with van der Waals surface area (Å²) in [6, 6.07) is 20.2. The Morgan fingerprint density at radius 3 is 2.11 bits per heavy atom. The Labute approximate surface area is 111 Å². The van der Waals surface area contributed by atoms with Gasteiger partial charge in [-0.05, 0) is 17.7 Å². The minimum absolute atomic E-state index is 0.0828. The largest absolute Gasteiger partial charge is 0.377 e. The van der Waals surface area contributed by atoms with Gasteiger partial charge in [-0.25, -0.2) is 0 Å². The van der Waals surface area contributed by atoms with E-state index in [1.54, 1.807) is 6.26 Å². The van der Waals surface area contributed by atoms with Gasteiger partial charge in [0.1, 0.15) is 0 Å². The molecule has 2 aromatic rings. The van der Waals surface area contributed by atoms with Crippen LogP contribution in [0.4, 0.5) is 5.69 Å². The summed E-state index contributed by atoms with van der Waals surface area (Å²) in [5.74, 6) is 0.610. The van der Waals surface area contributed by atoms with Crippen LogP contribution < -0.4 is 5.32 Å². The minimum Gasteiger partial charge on any atom is -0.377 e. The predicted octanol–water partition coefficient (Wildman–Crippen LogP) is 3.22. The maximum atomic E-state index is 11.5. The first-order valence-electron chi connectivity index (χ1n) is 5.92. The van der Waals surface area contributed by atoms with Crippen molar-refractivity contribution in [1.82, 2.24) is 0 Å². The molecule has 0 saturated carbocycles. The number of anilines is 1. The van der Waals surface area contributed by atoms with E-state index in [9.17, 15) is 4.21 Å². The highest BCUT2D eigenvalue weighted by atomic mass is 32.2. The third kappa shape index (κ3) is 3.70. The number of para-hydroxylation sites is 1. The molecule has 2 rings (SSSR count). The maximum absolute atomic E-state index is 11.5. The highest BCUT2D eigenvalue weighted by Gasteiger charge is 2.12. The highest BCUT2D eigenvalue weighted by Crippen LogP contribution is 2.20. The lowest BCUT2D eigenvalue weighted by atomic mass is 10.1. The lowest BCUT2D eigenvalue weighted by molar-refractivity contribution is 0.682. The van der Waals surface area contributed by atoms with Crippen LogP contribution in [0.25, 0.3) is 0 Å². The molecule has 0 aliphatic heterocycles. The first-order chi connectivity index (χ1) is 8.75. The molecular formula is C15H17NOS. The van der Waals surface area contributed by atoms with Crippen molar-refractivity contribution in [3.8, 4) is 0 Å². The molecule has 2 nitrogen and oxygen atoms in total. The molecule has 1 N–H and O–H groups in total. The van der Waals surface area contributed by atoms with Gasteiger partial charge >= 0.3 is 0 Å². The lowest BCUT2D eigenvalue weighted by Gasteiger charge is -2.19. The van der Waals surface area contributed by atoms with Crippen molar-refractivity contribution in [3.05, 3.63) is 66.2 Å². The van der Waals surface area contributed by atoms with Crippen molar-refractivity contribution >= 4 is 16.5 Å². The molecule has 0 aliphatic carbocycles. The predicted molar refractivity (Wildman–Crippen MR) is 78.2 cm³/mol. The third-order valence-electron chi connectivity index (χ3n) is 2.72. The van der Waals surface area contributed by atoms with E-state index in [2.05, 4.69) is 17.4 Å². The monoisotopic (exact) mass is 259 g/mol. The van der Waals surface area contributed by atoms with Crippen LogP contribution in [0.2, 0.25) is 0 Å². The first kappa shape index (κ1) is 12.8. The van der Waals surface area contributed by atoms with Crippen LogP contribution in [0, 0.1) is 0 Å². The van der Waals surface area contributed by atoms with Crippen LogP contribution in [-0.2, 0) is 10.8 Å². The number of rotatable bonds is 5. The Kier molecular flexibility index (Phi) is 4.53. The van der Waals surface area contributed by atoms with Crippen LogP contribution >= 0.6 is 0 Å². The molecule has 0 spiro atoms. The summed E-state index contributed by atoms with van der Waals surface area (Å²) in [6.45, 7) is 0. The Hall–Kier alpha value is -1.61. The quantitative estimate of drug-likeness (QED) is 0.893. The summed E-state index contributed by atoms with van der Waals surface area (Å²) in [6.07, 6.45) is 1.74. The average molecular weight is 259 g/mol. The Morgan fingerprint density at radius 1 is 1.00 bits per heavy atom. The van der Waals surface area contributed by atoms with Gasteiger partial charge in [-0.15, -0.1) is 0 Å². The van der Waals surface area contributed by atoms with E-state index in [1.165, 1.54) is 0 Å². The fourth-order valence-electron chi connectivity index (χ4n) is 1.88. The van der Waals surface area contributed by atoms with Gasteiger partial charge < -0.3 is 5.32 Å². The van der Waals surface area contributed by atoms with E-state index in [4.69, 9.17) is 0 Å². The van der Waals surface area contributed by atoms with Crippen molar-refractivity contribution in [2.75, 3.05) is 17.3 Å². The third-order valence-corrected chi connectivity index (χ3v) is 3.52. The molecule has 2 atom stereocenters. The molecule has 94 valence electrons. The van der Waals surface area contributed by atoms with E-state index >= 15 is 0 Å². The van der Waals surface area contributed by atoms with Gasteiger partial charge in [0.25, 0.3) is 0 Å². The Bertz CT molecular complexity index is 498. The zero-order chi connectivity index (χ0) is 12.8. The molecule has 18 heavy (non-hydrogen) atoms. The standard InChI is InChI=1S/C15H17NOS/c1-18(17)12-15(13-8-4-2-5-9-13)16-14-10-6-3-7-11-14/h2-11,15-16H,12H2,1H3/t15-,18+/m1/s1. The molecule has 0 fully saturated rings. The van der Waals surface area contributed by atoms with Gasteiger partial charge in [0.05, 0.1) is 6.04 Å². The summed E-state index contributed by atoms with van der Waals surface area (Å²) < 4.78 is 11.5. The molecule has 0 aromatic heterocycles. The highest BCUT2D eigenvalue weighted by molar-refractivity contribution is 7.84. The molecule has 0 aliphatic rings. The molecule has 0 saturated heterocycles. The second-order valence-electron chi connectivity index (χ2n) is 4.21. The van der Waals surface area contributed by atoms with Crippen LogP contribution in [0.1, 0.15) is 11.6 Å². The molecule has 0 unspecified atom stereocenters. The molecule has 2 aromatic carbocycles. The fraction of sp³-hybridized carbons (Fsp3) is 0.200. The van der Waals surface area contributed by atoms with Crippen molar-refractivity contribution in [1.29, 1.82) is 0 Å². The molecule has 0 amide bonds. The zero-order valence-electron chi connectivity index (χ0n) is 10.4. The van der Waals surface area contributed by atoms with Crippen molar-refractivity contribution < 1.29 is 4.21 Å². The summed E-state index contributed by atoms with van der Waals surface area (Å²) in [4.78, 5) is 0. The van der Waals surface area contributed by atoms with Gasteiger partial charge in [0, 0.05) is 28.5 Å². The average Bonchev–Trinajstić information content (AvgIpc) is 2.40. The Balaban J connectivity index is 2.18. The molecule has 0 heterocycles. The van der Waals surface area contributed by atoms with Crippen molar-refractivity contribution in [2.45, 2.75) is 6.04 Å². The molecular weight excluding hydrogens is 242 g/mol. The maximum Gasteiger partial charge on any atom is 0.0629 e. The van der Waals surface area contributed by atoms with E-state index < -0.39 is 10.8 Å². The van der Waals surface area contributed by atoms with Gasteiger partial charge in [0.15, 0.2) is 0 Å². The normalized spacial score (nSPS) is 13.8. The Morgan fingerprint density at radius 2 is 1.56 bits per heavy atom. The van der Waals surface area contributed by atoms with Gasteiger partial charge in [0.2, 0.25) is 0 Å².